The number of hydrogen-bond donors (Lipinski definition) is 1. The number of benzene rings is 2. The molecule has 0 saturated heterocycles. The van der Waals surface area contributed by atoms with Crippen LogP contribution in [0.1, 0.15) is 22.8 Å². The predicted molar refractivity (Wildman–Crippen MR) is 85.8 cm³/mol. The molecule has 118 valence electrons. The molecular formula is C17H14ClFN2O2. The number of nitrogens with zero attached hydrogens (tertiary/aromatic N) is 1. The third-order valence-electron chi connectivity index (χ3n) is 3.88. The first-order chi connectivity index (χ1) is 11.0. The van der Waals surface area contributed by atoms with Crippen molar-refractivity contribution < 1.29 is 14.0 Å². The highest BCUT2D eigenvalue weighted by molar-refractivity contribution is 6.31. The van der Waals surface area contributed by atoms with E-state index in [4.69, 9.17) is 11.6 Å². The van der Waals surface area contributed by atoms with Crippen molar-refractivity contribution in [1.82, 2.24) is 4.90 Å². The zero-order valence-corrected chi connectivity index (χ0v) is 13.1. The zero-order chi connectivity index (χ0) is 16.6. The SMILES string of the molecule is C[C@@H](C(=O)Nc1ccc(F)c(Cl)c1)N1Cc2ccccc2C1=O. The molecule has 0 unspecified atom stereocenters. The lowest BCUT2D eigenvalue weighted by Crippen LogP contribution is -2.42. The van der Waals surface area contributed by atoms with Crippen LogP contribution in [0.3, 0.4) is 0 Å². The molecule has 0 bridgehead atoms. The van der Waals surface area contributed by atoms with Gasteiger partial charge in [-0.1, -0.05) is 29.8 Å². The van der Waals surface area contributed by atoms with Gasteiger partial charge >= 0.3 is 0 Å². The maximum Gasteiger partial charge on any atom is 0.255 e. The highest BCUT2D eigenvalue weighted by atomic mass is 35.5. The molecule has 4 nitrogen and oxygen atoms in total. The Kier molecular flexibility index (Phi) is 4.05. The van der Waals surface area contributed by atoms with E-state index >= 15 is 0 Å². The van der Waals surface area contributed by atoms with Gasteiger partial charge in [-0.2, -0.15) is 0 Å². The topological polar surface area (TPSA) is 49.4 Å². The minimum absolute atomic E-state index is 0.0693. The van der Waals surface area contributed by atoms with E-state index in [1.165, 1.54) is 23.1 Å². The molecule has 0 aromatic heterocycles. The maximum atomic E-state index is 13.1. The van der Waals surface area contributed by atoms with Crippen LogP contribution in [0.25, 0.3) is 0 Å². The Labute approximate surface area is 137 Å². The van der Waals surface area contributed by atoms with Crippen LogP contribution in [0.4, 0.5) is 10.1 Å². The van der Waals surface area contributed by atoms with E-state index in [0.29, 0.717) is 17.8 Å². The number of rotatable bonds is 3. The molecule has 1 atom stereocenters. The van der Waals surface area contributed by atoms with Gasteiger partial charge in [0.2, 0.25) is 5.91 Å². The molecule has 1 N–H and O–H groups in total. The Hall–Kier alpha value is -2.40. The first kappa shape index (κ1) is 15.5. The summed E-state index contributed by atoms with van der Waals surface area (Å²) < 4.78 is 13.1. The summed E-state index contributed by atoms with van der Waals surface area (Å²) in [6, 6.07) is 10.6. The Morgan fingerprint density at radius 1 is 1.30 bits per heavy atom. The molecule has 2 aromatic rings. The Balaban J connectivity index is 1.73. The van der Waals surface area contributed by atoms with Crippen LogP contribution in [0.2, 0.25) is 5.02 Å². The summed E-state index contributed by atoms with van der Waals surface area (Å²) in [6.45, 7) is 2.05. The number of fused-ring (bicyclic) bond motifs is 1. The standard InChI is InChI=1S/C17H14ClFN2O2/c1-10(16(22)20-12-6-7-15(19)14(18)8-12)21-9-11-4-2-3-5-13(11)17(21)23/h2-8,10H,9H2,1H3,(H,20,22)/t10-/m0/s1. The number of carbonyl (C=O) groups excluding carboxylic acids is 2. The van der Waals surface area contributed by atoms with Gasteiger partial charge in [-0.3, -0.25) is 9.59 Å². The van der Waals surface area contributed by atoms with E-state index in [2.05, 4.69) is 5.32 Å². The smallest absolute Gasteiger partial charge is 0.255 e. The second-order valence-electron chi connectivity index (χ2n) is 5.38. The van der Waals surface area contributed by atoms with Crippen molar-refractivity contribution in [2.75, 3.05) is 5.32 Å². The molecule has 2 aromatic carbocycles. The fraction of sp³-hybridized carbons (Fsp3) is 0.176. The van der Waals surface area contributed by atoms with Crippen molar-refractivity contribution >= 4 is 29.1 Å². The fourth-order valence-corrected chi connectivity index (χ4v) is 2.73. The summed E-state index contributed by atoms with van der Waals surface area (Å²) in [5.74, 6) is -1.07. The molecule has 23 heavy (non-hydrogen) atoms. The Bertz CT molecular complexity index is 794. The molecule has 0 fully saturated rings. The fourth-order valence-electron chi connectivity index (χ4n) is 2.55. The van der Waals surface area contributed by atoms with Crippen LogP contribution in [-0.2, 0) is 11.3 Å². The van der Waals surface area contributed by atoms with Crippen molar-refractivity contribution in [2.45, 2.75) is 19.5 Å². The molecule has 1 aliphatic rings. The third kappa shape index (κ3) is 2.92. The highest BCUT2D eigenvalue weighted by Gasteiger charge is 2.33. The molecule has 1 heterocycles. The van der Waals surface area contributed by atoms with E-state index in [9.17, 15) is 14.0 Å². The molecule has 0 saturated carbocycles. The minimum atomic E-state index is -0.654. The van der Waals surface area contributed by atoms with E-state index < -0.39 is 11.9 Å². The molecular weight excluding hydrogens is 319 g/mol. The van der Waals surface area contributed by atoms with Crippen LogP contribution >= 0.6 is 11.6 Å². The average Bonchev–Trinajstić information content (AvgIpc) is 2.87. The quantitative estimate of drug-likeness (QED) is 0.935. The molecule has 6 heteroatoms. The summed E-state index contributed by atoms with van der Waals surface area (Å²) >= 11 is 5.70. The average molecular weight is 333 g/mol. The van der Waals surface area contributed by atoms with Crippen LogP contribution in [0.15, 0.2) is 42.5 Å². The molecule has 0 aliphatic carbocycles. The van der Waals surface area contributed by atoms with Crippen molar-refractivity contribution in [3.8, 4) is 0 Å². The van der Waals surface area contributed by atoms with E-state index in [1.807, 2.05) is 12.1 Å². The summed E-state index contributed by atoms with van der Waals surface area (Å²) in [4.78, 5) is 26.2. The normalized spacial score (nSPS) is 14.6. The molecule has 0 spiro atoms. The van der Waals surface area contributed by atoms with Gasteiger partial charge in [0.25, 0.3) is 5.91 Å². The Morgan fingerprint density at radius 2 is 2.04 bits per heavy atom. The molecule has 3 rings (SSSR count). The van der Waals surface area contributed by atoms with Crippen molar-refractivity contribution in [3.05, 3.63) is 64.4 Å². The van der Waals surface area contributed by atoms with E-state index in [0.717, 1.165) is 5.56 Å². The van der Waals surface area contributed by atoms with Crippen LogP contribution in [0.5, 0.6) is 0 Å². The van der Waals surface area contributed by atoms with Gasteiger partial charge in [0.05, 0.1) is 5.02 Å². The summed E-state index contributed by atoms with van der Waals surface area (Å²) in [5, 5.41) is 2.58. The van der Waals surface area contributed by atoms with Crippen molar-refractivity contribution in [2.24, 2.45) is 0 Å². The van der Waals surface area contributed by atoms with Gasteiger partial charge in [0.15, 0.2) is 0 Å². The van der Waals surface area contributed by atoms with E-state index in [-0.39, 0.29) is 16.8 Å². The summed E-state index contributed by atoms with van der Waals surface area (Å²) in [6.07, 6.45) is 0. The first-order valence-electron chi connectivity index (χ1n) is 7.12. The van der Waals surface area contributed by atoms with E-state index in [1.54, 1.807) is 19.1 Å². The largest absolute Gasteiger partial charge is 0.324 e. The maximum absolute atomic E-state index is 13.1. The predicted octanol–water partition coefficient (Wildman–Crippen LogP) is 3.46. The lowest BCUT2D eigenvalue weighted by atomic mass is 10.1. The third-order valence-corrected chi connectivity index (χ3v) is 4.17. The number of hydrogen-bond acceptors (Lipinski definition) is 2. The van der Waals surface area contributed by atoms with Crippen LogP contribution in [0, 0.1) is 5.82 Å². The summed E-state index contributed by atoms with van der Waals surface area (Å²) in [7, 11) is 0. The minimum Gasteiger partial charge on any atom is -0.324 e. The summed E-state index contributed by atoms with van der Waals surface area (Å²) in [5.41, 5.74) is 1.91. The monoisotopic (exact) mass is 332 g/mol. The number of anilines is 1. The van der Waals surface area contributed by atoms with Gasteiger partial charge in [-0.25, -0.2) is 4.39 Å². The lowest BCUT2D eigenvalue weighted by molar-refractivity contribution is -0.120. The molecule has 2 amide bonds. The second kappa shape index (κ2) is 6.01. The second-order valence-corrected chi connectivity index (χ2v) is 5.79. The number of carbonyl (C=O) groups is 2. The van der Waals surface area contributed by atoms with Gasteiger partial charge in [0.1, 0.15) is 11.9 Å². The highest BCUT2D eigenvalue weighted by Crippen LogP contribution is 2.25. The van der Waals surface area contributed by atoms with Crippen LogP contribution in [-0.4, -0.2) is 22.8 Å². The van der Waals surface area contributed by atoms with Gasteiger partial charge in [0, 0.05) is 17.8 Å². The van der Waals surface area contributed by atoms with Gasteiger partial charge in [-0.15, -0.1) is 0 Å². The number of halogens is 2. The zero-order valence-electron chi connectivity index (χ0n) is 12.3. The lowest BCUT2D eigenvalue weighted by Gasteiger charge is -2.23. The van der Waals surface area contributed by atoms with Gasteiger partial charge < -0.3 is 10.2 Å². The first-order valence-corrected chi connectivity index (χ1v) is 7.50. The number of nitrogens with one attached hydrogen (secondary N) is 1. The van der Waals surface area contributed by atoms with Crippen LogP contribution < -0.4 is 5.32 Å². The molecule has 1 aliphatic heterocycles. The molecule has 0 radical (unpaired) electrons. The van der Waals surface area contributed by atoms with Crippen molar-refractivity contribution in [3.63, 3.8) is 0 Å². The Morgan fingerprint density at radius 3 is 2.74 bits per heavy atom. The van der Waals surface area contributed by atoms with Crippen molar-refractivity contribution in [1.29, 1.82) is 0 Å². The van der Waals surface area contributed by atoms with Gasteiger partial charge in [-0.05, 0) is 36.8 Å². The number of amides is 2.